The number of aliphatic hydroxyl groups excluding tert-OH is 1. The molecule has 2 saturated heterocycles. The predicted molar refractivity (Wildman–Crippen MR) is 141 cm³/mol. The summed E-state index contributed by atoms with van der Waals surface area (Å²) in [4.78, 5) is 4.24. The van der Waals surface area contributed by atoms with E-state index in [9.17, 15) is 9.50 Å². The van der Waals surface area contributed by atoms with Crippen molar-refractivity contribution in [2.45, 2.75) is 38.2 Å². The molecule has 1 N–H and O–H groups in total. The van der Waals surface area contributed by atoms with Crippen LogP contribution < -0.4 is 4.90 Å². The highest BCUT2D eigenvalue weighted by Crippen LogP contribution is 2.34. The van der Waals surface area contributed by atoms with Crippen molar-refractivity contribution in [2.24, 2.45) is 0 Å². The Balaban J connectivity index is 1.35. The van der Waals surface area contributed by atoms with Crippen molar-refractivity contribution in [3.05, 3.63) is 71.5 Å². The highest BCUT2D eigenvalue weighted by molar-refractivity contribution is 5.69. The maximum atomic E-state index is 14.9. The number of halogens is 1. The molecule has 8 nitrogen and oxygen atoms in total. The zero-order chi connectivity index (χ0) is 26.2. The van der Waals surface area contributed by atoms with E-state index in [0.717, 1.165) is 30.6 Å². The van der Waals surface area contributed by atoms with Crippen LogP contribution in [-0.2, 0) is 27.4 Å². The number of aliphatic hydroxyl groups is 1. The molecule has 0 unspecified atom stereocenters. The number of rotatable bonds is 12. The lowest BCUT2D eigenvalue weighted by molar-refractivity contribution is -0.00286. The maximum absolute atomic E-state index is 14.9. The van der Waals surface area contributed by atoms with Crippen molar-refractivity contribution in [3.63, 3.8) is 0 Å². The normalized spacial score (nSPS) is 18.8. The molecule has 9 heteroatoms. The van der Waals surface area contributed by atoms with E-state index in [1.807, 2.05) is 30.3 Å². The largest absolute Gasteiger partial charge is 0.389 e. The Morgan fingerprint density at radius 1 is 1.08 bits per heavy atom. The van der Waals surface area contributed by atoms with Crippen molar-refractivity contribution < 1.29 is 28.2 Å². The third-order valence-electron chi connectivity index (χ3n) is 6.95. The Labute approximate surface area is 222 Å². The van der Waals surface area contributed by atoms with Crippen molar-refractivity contribution in [1.29, 1.82) is 0 Å². The van der Waals surface area contributed by atoms with Gasteiger partial charge >= 0.3 is 0 Å². The first kappa shape index (κ1) is 26.8. The molecule has 0 saturated carbocycles. The summed E-state index contributed by atoms with van der Waals surface area (Å²) in [6, 6.07) is 16.5. The lowest BCUT2D eigenvalue weighted by atomic mass is 10.1. The predicted octanol–water partition coefficient (Wildman–Crippen LogP) is 3.88. The van der Waals surface area contributed by atoms with Gasteiger partial charge in [-0.2, -0.15) is 0 Å². The van der Waals surface area contributed by atoms with Gasteiger partial charge in [0.2, 0.25) is 5.88 Å². The van der Waals surface area contributed by atoms with Gasteiger partial charge in [-0.3, -0.25) is 4.90 Å². The van der Waals surface area contributed by atoms with Gasteiger partial charge in [-0.05, 0) is 30.5 Å². The first-order valence-electron chi connectivity index (χ1n) is 13.4. The number of hydrogen-bond acceptors (Lipinski definition) is 8. The minimum absolute atomic E-state index is 0.0797. The summed E-state index contributed by atoms with van der Waals surface area (Å²) >= 11 is 0. The minimum Gasteiger partial charge on any atom is -0.389 e. The summed E-state index contributed by atoms with van der Waals surface area (Å²) in [6.07, 6.45) is 1.37. The molecule has 0 radical (unpaired) electrons. The van der Waals surface area contributed by atoms with Gasteiger partial charge in [0.05, 0.1) is 44.2 Å². The van der Waals surface area contributed by atoms with Crippen LogP contribution in [0.4, 0.5) is 10.3 Å². The molecule has 2 fully saturated rings. The Kier molecular flexibility index (Phi) is 9.37. The molecule has 2 aliphatic heterocycles. The summed E-state index contributed by atoms with van der Waals surface area (Å²) in [7, 11) is 0. The van der Waals surface area contributed by atoms with Gasteiger partial charge in [0.1, 0.15) is 11.5 Å². The van der Waals surface area contributed by atoms with Crippen molar-refractivity contribution in [2.75, 3.05) is 57.5 Å². The Morgan fingerprint density at radius 2 is 1.87 bits per heavy atom. The van der Waals surface area contributed by atoms with E-state index in [1.54, 1.807) is 18.2 Å². The van der Waals surface area contributed by atoms with E-state index in [0.29, 0.717) is 69.7 Å². The van der Waals surface area contributed by atoms with Crippen LogP contribution in [0.3, 0.4) is 0 Å². The fourth-order valence-corrected chi connectivity index (χ4v) is 5.06. The van der Waals surface area contributed by atoms with Gasteiger partial charge in [0.25, 0.3) is 0 Å². The Bertz CT molecular complexity index is 1130. The number of hydrogen-bond donors (Lipinski definition) is 1. The van der Waals surface area contributed by atoms with E-state index in [-0.39, 0.29) is 18.5 Å². The van der Waals surface area contributed by atoms with Crippen LogP contribution in [0.25, 0.3) is 11.3 Å². The van der Waals surface area contributed by atoms with E-state index in [1.165, 1.54) is 6.07 Å². The van der Waals surface area contributed by atoms with Crippen LogP contribution >= 0.6 is 0 Å². The van der Waals surface area contributed by atoms with Crippen molar-refractivity contribution in [3.8, 4) is 11.3 Å². The topological polar surface area (TPSA) is 80.4 Å². The molecule has 2 atom stereocenters. The third-order valence-corrected chi connectivity index (χ3v) is 6.95. The summed E-state index contributed by atoms with van der Waals surface area (Å²) in [5.41, 5.74) is 2.74. The molecule has 0 bridgehead atoms. The second-order valence-corrected chi connectivity index (χ2v) is 9.88. The van der Waals surface area contributed by atoms with Gasteiger partial charge in [-0.15, -0.1) is 0 Å². The summed E-state index contributed by atoms with van der Waals surface area (Å²) in [5, 5.41) is 15.2. The van der Waals surface area contributed by atoms with Crippen LogP contribution in [0, 0.1) is 5.82 Å². The fraction of sp³-hybridized carbons (Fsp3) is 0.483. The highest BCUT2D eigenvalue weighted by atomic mass is 19.1. The van der Waals surface area contributed by atoms with Gasteiger partial charge in [0, 0.05) is 44.9 Å². The van der Waals surface area contributed by atoms with Gasteiger partial charge < -0.3 is 28.7 Å². The Morgan fingerprint density at radius 3 is 2.63 bits per heavy atom. The molecule has 1 aromatic heterocycles. The van der Waals surface area contributed by atoms with E-state index in [4.69, 9.17) is 18.7 Å². The van der Waals surface area contributed by atoms with E-state index < -0.39 is 6.10 Å². The van der Waals surface area contributed by atoms with Crippen LogP contribution in [0.1, 0.15) is 24.0 Å². The number of morpholine rings is 1. The average Bonchev–Trinajstić information content (AvgIpc) is 3.60. The smallest absolute Gasteiger partial charge is 0.232 e. The standard InChI is InChI=1S/C29H36FN3O5/c30-27-11-5-4-10-25(27)28-26(29(38-31-28)33-12-15-35-16-13-33)19-32(18-24-9-6-14-37-24)17-23(34)21-36-20-22-7-2-1-3-8-22/h1-5,7-8,10-11,23-24,34H,6,9,12-21H2/t23-,24+/m1/s1. The molecule has 3 heterocycles. The van der Waals surface area contributed by atoms with Gasteiger partial charge in [-0.25, -0.2) is 4.39 Å². The minimum atomic E-state index is -0.705. The van der Waals surface area contributed by atoms with Gasteiger partial charge in [-0.1, -0.05) is 47.6 Å². The van der Waals surface area contributed by atoms with E-state index >= 15 is 0 Å². The molecule has 38 heavy (non-hydrogen) atoms. The SMILES string of the molecule is O[C@@H](COCc1ccccc1)CN(Cc1c(-c2ccccc2F)noc1N1CCOCC1)C[C@@H]1CCCO1. The summed E-state index contributed by atoms with van der Waals surface area (Å²) < 4.78 is 38.0. The number of aromatic nitrogens is 1. The highest BCUT2D eigenvalue weighted by Gasteiger charge is 2.29. The molecule has 3 aromatic rings. The first-order valence-corrected chi connectivity index (χ1v) is 13.4. The Hall–Kier alpha value is -2.82. The average molecular weight is 526 g/mol. The number of ether oxygens (including phenoxy) is 3. The first-order chi connectivity index (χ1) is 18.7. The van der Waals surface area contributed by atoms with Crippen LogP contribution in [-0.4, -0.2) is 80.0 Å². The molecular formula is C29H36FN3O5. The molecular weight excluding hydrogens is 489 g/mol. The fourth-order valence-electron chi connectivity index (χ4n) is 5.06. The third kappa shape index (κ3) is 6.98. The van der Waals surface area contributed by atoms with Gasteiger partial charge in [0.15, 0.2) is 0 Å². The maximum Gasteiger partial charge on any atom is 0.232 e. The summed E-state index contributed by atoms with van der Waals surface area (Å²) in [5.74, 6) is 0.273. The molecule has 0 spiro atoms. The van der Waals surface area contributed by atoms with E-state index in [2.05, 4.69) is 15.0 Å². The monoisotopic (exact) mass is 525 g/mol. The lowest BCUT2D eigenvalue weighted by Gasteiger charge is -2.30. The molecule has 2 aliphatic rings. The van der Waals surface area contributed by atoms with Crippen LogP contribution in [0.15, 0.2) is 59.1 Å². The van der Waals surface area contributed by atoms with Crippen LogP contribution in [0.5, 0.6) is 0 Å². The number of anilines is 1. The second-order valence-electron chi connectivity index (χ2n) is 9.88. The number of benzene rings is 2. The zero-order valence-electron chi connectivity index (χ0n) is 21.6. The zero-order valence-corrected chi connectivity index (χ0v) is 21.6. The number of nitrogens with zero attached hydrogens (tertiary/aromatic N) is 3. The molecule has 0 amide bonds. The molecule has 0 aliphatic carbocycles. The molecule has 2 aromatic carbocycles. The molecule has 204 valence electrons. The van der Waals surface area contributed by atoms with Crippen molar-refractivity contribution >= 4 is 5.88 Å². The molecule has 5 rings (SSSR count). The van der Waals surface area contributed by atoms with Crippen LogP contribution in [0.2, 0.25) is 0 Å². The lowest BCUT2D eigenvalue weighted by Crippen LogP contribution is -2.40. The summed E-state index contributed by atoms with van der Waals surface area (Å²) in [6.45, 7) is 5.34. The quantitative estimate of drug-likeness (QED) is 0.382. The van der Waals surface area contributed by atoms with Crippen molar-refractivity contribution in [1.82, 2.24) is 10.1 Å². The second kappa shape index (κ2) is 13.3.